The summed E-state index contributed by atoms with van der Waals surface area (Å²) in [5.74, 6) is -0.751. The van der Waals surface area contributed by atoms with Crippen LogP contribution in [-0.2, 0) is 16.1 Å². The van der Waals surface area contributed by atoms with Crippen LogP contribution in [0.5, 0.6) is 0 Å². The van der Waals surface area contributed by atoms with E-state index in [0.29, 0.717) is 6.42 Å². The number of carbonyl (C=O) groups is 2. The van der Waals surface area contributed by atoms with Gasteiger partial charge in [0.25, 0.3) is 0 Å². The van der Waals surface area contributed by atoms with Gasteiger partial charge in [0.15, 0.2) is 0 Å². The number of hydrogen-bond acceptors (Lipinski definition) is 3. The van der Waals surface area contributed by atoms with Gasteiger partial charge in [-0.15, -0.1) is 0 Å². The normalized spacial score (nSPS) is 15.6. The molecule has 1 atom stereocenters. The number of ether oxygens (including phenoxy) is 1. The smallest absolute Gasteiger partial charge is 0.408 e. The lowest BCUT2D eigenvalue weighted by Crippen LogP contribution is -2.42. The second-order valence-corrected chi connectivity index (χ2v) is 5.14. The molecule has 1 aromatic rings. The fourth-order valence-electron chi connectivity index (χ4n) is 2.33. The van der Waals surface area contributed by atoms with Gasteiger partial charge in [-0.1, -0.05) is 42.5 Å². The summed E-state index contributed by atoms with van der Waals surface area (Å²) in [7, 11) is 0. The summed E-state index contributed by atoms with van der Waals surface area (Å²) in [5, 5.41) is 11.6. The predicted octanol–water partition coefficient (Wildman–Crippen LogP) is 2.72. The topological polar surface area (TPSA) is 75.6 Å². The van der Waals surface area contributed by atoms with E-state index in [2.05, 4.69) is 5.32 Å². The van der Waals surface area contributed by atoms with Gasteiger partial charge in [0.05, 0.1) is 0 Å². The fraction of sp³-hybridized carbons (Fsp3) is 0.375. The molecule has 0 aromatic heterocycles. The molecule has 0 radical (unpaired) electrons. The second kappa shape index (κ2) is 7.47. The lowest BCUT2D eigenvalue weighted by Gasteiger charge is -2.18. The molecule has 5 nitrogen and oxygen atoms in total. The molecule has 2 N–H and O–H groups in total. The van der Waals surface area contributed by atoms with Crippen LogP contribution < -0.4 is 5.32 Å². The highest BCUT2D eigenvalue weighted by molar-refractivity contribution is 5.79. The molecular weight excluding hydrogens is 270 g/mol. The first-order chi connectivity index (χ1) is 10.1. The Labute approximate surface area is 123 Å². The molecule has 2 rings (SSSR count). The first-order valence-electron chi connectivity index (χ1n) is 7.00. The maximum Gasteiger partial charge on any atom is 0.408 e. The molecule has 1 amide bonds. The minimum absolute atomic E-state index is 0.129. The van der Waals surface area contributed by atoms with Gasteiger partial charge in [-0.05, 0) is 30.7 Å². The molecule has 1 aliphatic rings. The van der Waals surface area contributed by atoms with Crippen LogP contribution in [-0.4, -0.2) is 23.2 Å². The van der Waals surface area contributed by atoms with Gasteiger partial charge in [-0.2, -0.15) is 0 Å². The van der Waals surface area contributed by atoms with Gasteiger partial charge in [-0.25, -0.2) is 9.59 Å². The van der Waals surface area contributed by atoms with Crippen molar-refractivity contribution in [2.24, 2.45) is 5.92 Å². The monoisotopic (exact) mass is 289 g/mol. The molecule has 0 bridgehead atoms. The van der Waals surface area contributed by atoms with Crippen molar-refractivity contribution in [1.29, 1.82) is 0 Å². The van der Waals surface area contributed by atoms with E-state index in [0.717, 1.165) is 18.4 Å². The minimum Gasteiger partial charge on any atom is -0.480 e. The fourth-order valence-corrected chi connectivity index (χ4v) is 2.33. The molecule has 0 fully saturated rings. The molecule has 0 saturated carbocycles. The van der Waals surface area contributed by atoms with E-state index in [9.17, 15) is 14.7 Å². The van der Waals surface area contributed by atoms with Crippen molar-refractivity contribution >= 4 is 12.1 Å². The summed E-state index contributed by atoms with van der Waals surface area (Å²) < 4.78 is 5.04. The zero-order valence-corrected chi connectivity index (χ0v) is 11.7. The molecule has 0 aliphatic heterocycles. The molecule has 1 aromatic carbocycles. The second-order valence-electron chi connectivity index (χ2n) is 5.14. The molecule has 112 valence electrons. The summed E-state index contributed by atoms with van der Waals surface area (Å²) in [6.45, 7) is 0.129. The summed E-state index contributed by atoms with van der Waals surface area (Å²) >= 11 is 0. The summed E-state index contributed by atoms with van der Waals surface area (Å²) in [5.41, 5.74) is 0.861. The van der Waals surface area contributed by atoms with Crippen molar-refractivity contribution in [2.75, 3.05) is 0 Å². The number of carboxylic acid groups (broad SMARTS) is 1. The lowest BCUT2D eigenvalue weighted by atomic mass is 9.98. The Bertz CT molecular complexity index is 504. The molecule has 5 heteroatoms. The van der Waals surface area contributed by atoms with Gasteiger partial charge in [0.2, 0.25) is 0 Å². The number of nitrogens with one attached hydrogen (secondary N) is 1. The van der Waals surface area contributed by atoms with Gasteiger partial charge in [0, 0.05) is 0 Å². The van der Waals surface area contributed by atoms with Crippen molar-refractivity contribution in [3.63, 3.8) is 0 Å². The van der Waals surface area contributed by atoms with Crippen LogP contribution in [0.2, 0.25) is 0 Å². The lowest BCUT2D eigenvalue weighted by molar-refractivity contribution is -0.139. The molecule has 0 saturated heterocycles. The van der Waals surface area contributed by atoms with Crippen molar-refractivity contribution in [3.05, 3.63) is 48.0 Å². The number of carbonyl (C=O) groups excluding carboxylic acids is 1. The number of carboxylic acids is 1. The molecule has 0 heterocycles. The maximum absolute atomic E-state index is 11.7. The molecule has 0 spiro atoms. The number of allylic oxidation sites excluding steroid dienone is 2. The Morgan fingerprint density at radius 3 is 2.52 bits per heavy atom. The number of rotatable bonds is 6. The number of alkyl carbamates (subject to hydrolysis) is 1. The Balaban J connectivity index is 1.79. The Kier molecular flexibility index (Phi) is 5.37. The molecular formula is C16H19NO4. The van der Waals surface area contributed by atoms with Crippen LogP contribution in [0.3, 0.4) is 0 Å². The highest BCUT2D eigenvalue weighted by Gasteiger charge is 2.25. The highest BCUT2D eigenvalue weighted by atomic mass is 16.5. The van der Waals surface area contributed by atoms with E-state index in [1.54, 1.807) is 0 Å². The maximum atomic E-state index is 11.7. The summed E-state index contributed by atoms with van der Waals surface area (Å²) in [6, 6.07) is 8.35. The summed E-state index contributed by atoms with van der Waals surface area (Å²) in [6.07, 6.45) is 5.53. The minimum atomic E-state index is -1.03. The molecule has 1 unspecified atom stereocenters. The molecule has 1 aliphatic carbocycles. The Hall–Kier alpha value is -2.30. The Morgan fingerprint density at radius 1 is 1.24 bits per heavy atom. The molecule has 21 heavy (non-hydrogen) atoms. The van der Waals surface area contributed by atoms with Gasteiger partial charge in [-0.3, -0.25) is 0 Å². The number of benzene rings is 1. The SMILES string of the molecule is O=C(NC(CC1CC=CC1)C(=O)O)OCc1ccccc1. The van der Waals surface area contributed by atoms with E-state index in [1.807, 2.05) is 42.5 Å². The van der Waals surface area contributed by atoms with Crippen LogP contribution in [0.1, 0.15) is 24.8 Å². The van der Waals surface area contributed by atoms with E-state index < -0.39 is 18.1 Å². The van der Waals surface area contributed by atoms with Crippen molar-refractivity contribution < 1.29 is 19.4 Å². The van der Waals surface area contributed by atoms with Gasteiger partial charge >= 0.3 is 12.1 Å². The van der Waals surface area contributed by atoms with E-state index in [4.69, 9.17) is 4.74 Å². The van der Waals surface area contributed by atoms with Crippen LogP contribution >= 0.6 is 0 Å². The van der Waals surface area contributed by atoms with Gasteiger partial charge in [0.1, 0.15) is 12.6 Å². The third kappa shape index (κ3) is 4.95. The third-order valence-corrected chi connectivity index (χ3v) is 3.48. The first kappa shape index (κ1) is 15.1. The highest BCUT2D eigenvalue weighted by Crippen LogP contribution is 2.22. The average molecular weight is 289 g/mol. The first-order valence-corrected chi connectivity index (χ1v) is 7.00. The predicted molar refractivity (Wildman–Crippen MR) is 77.7 cm³/mol. The van der Waals surface area contributed by atoms with Crippen molar-refractivity contribution in [3.8, 4) is 0 Å². The summed E-state index contributed by atoms with van der Waals surface area (Å²) in [4.78, 5) is 22.9. The van der Waals surface area contributed by atoms with Crippen LogP contribution in [0.15, 0.2) is 42.5 Å². The van der Waals surface area contributed by atoms with Crippen LogP contribution in [0, 0.1) is 5.92 Å². The average Bonchev–Trinajstić information content (AvgIpc) is 2.98. The quantitative estimate of drug-likeness (QED) is 0.789. The number of aliphatic carboxylic acids is 1. The van der Waals surface area contributed by atoms with Crippen molar-refractivity contribution in [2.45, 2.75) is 31.9 Å². The van der Waals surface area contributed by atoms with Gasteiger partial charge < -0.3 is 15.2 Å². The number of hydrogen-bond donors (Lipinski definition) is 2. The number of amides is 1. The third-order valence-electron chi connectivity index (χ3n) is 3.48. The van der Waals surface area contributed by atoms with E-state index in [1.165, 1.54) is 0 Å². The standard InChI is InChI=1S/C16H19NO4/c18-15(19)14(10-12-6-4-5-7-12)17-16(20)21-11-13-8-2-1-3-9-13/h1-5,8-9,12,14H,6-7,10-11H2,(H,17,20)(H,18,19). The van der Waals surface area contributed by atoms with Crippen LogP contribution in [0.25, 0.3) is 0 Å². The zero-order valence-electron chi connectivity index (χ0n) is 11.7. The Morgan fingerprint density at radius 2 is 1.90 bits per heavy atom. The largest absolute Gasteiger partial charge is 0.480 e. The van der Waals surface area contributed by atoms with E-state index >= 15 is 0 Å². The zero-order chi connectivity index (χ0) is 15.1. The van der Waals surface area contributed by atoms with Crippen LogP contribution in [0.4, 0.5) is 4.79 Å². The van der Waals surface area contributed by atoms with Crippen molar-refractivity contribution in [1.82, 2.24) is 5.32 Å². The van der Waals surface area contributed by atoms with E-state index in [-0.39, 0.29) is 12.5 Å².